The molecule has 0 spiro atoms. The smallest absolute Gasteiger partial charge is 0.199 e. The van der Waals surface area contributed by atoms with E-state index in [2.05, 4.69) is 0 Å². The zero-order valence-corrected chi connectivity index (χ0v) is 12.2. The Morgan fingerprint density at radius 1 is 0.850 bits per heavy atom. The molecule has 0 unspecified atom stereocenters. The fraction of sp³-hybridized carbons (Fsp3) is 0.133. The van der Waals surface area contributed by atoms with E-state index in [1.54, 1.807) is 13.8 Å². The van der Waals surface area contributed by atoms with Crippen LogP contribution in [0.3, 0.4) is 0 Å². The monoisotopic (exact) mass is 314 g/mol. The van der Waals surface area contributed by atoms with Crippen molar-refractivity contribution in [2.24, 2.45) is 0 Å². The van der Waals surface area contributed by atoms with Gasteiger partial charge in [-0.05, 0) is 37.1 Å². The van der Waals surface area contributed by atoms with Crippen LogP contribution in [0.4, 0.5) is 8.78 Å². The third-order valence-corrected chi connectivity index (χ3v) is 3.97. The van der Waals surface area contributed by atoms with Crippen molar-refractivity contribution < 1.29 is 13.6 Å². The molecule has 0 fully saturated rings. The maximum absolute atomic E-state index is 14.0. The predicted molar refractivity (Wildman–Crippen MR) is 75.7 cm³/mol. The summed E-state index contributed by atoms with van der Waals surface area (Å²) in [5, 5.41) is -0.288. The molecule has 0 aromatic heterocycles. The molecular weight excluding hydrogens is 305 g/mol. The fourth-order valence-electron chi connectivity index (χ4n) is 1.79. The summed E-state index contributed by atoms with van der Waals surface area (Å²) in [6.45, 7) is 3.23. The van der Waals surface area contributed by atoms with E-state index in [4.69, 9.17) is 23.2 Å². The number of hydrogen-bond acceptors (Lipinski definition) is 1. The lowest BCUT2D eigenvalue weighted by molar-refractivity contribution is 0.103. The van der Waals surface area contributed by atoms with Gasteiger partial charge in [0.05, 0.1) is 21.2 Å². The molecule has 0 aliphatic rings. The molecule has 0 saturated heterocycles. The number of carbonyl (C=O) groups excluding carboxylic acids is 1. The Morgan fingerprint density at radius 3 is 1.55 bits per heavy atom. The highest BCUT2D eigenvalue weighted by atomic mass is 35.5. The van der Waals surface area contributed by atoms with Crippen LogP contribution in [0.5, 0.6) is 0 Å². The molecule has 0 N–H and O–H groups in total. The minimum Gasteiger partial charge on any atom is -0.288 e. The molecule has 20 heavy (non-hydrogen) atoms. The number of benzene rings is 2. The van der Waals surface area contributed by atoms with Crippen molar-refractivity contribution in [1.82, 2.24) is 0 Å². The van der Waals surface area contributed by atoms with Gasteiger partial charge < -0.3 is 0 Å². The first-order chi connectivity index (χ1) is 9.34. The van der Waals surface area contributed by atoms with E-state index >= 15 is 0 Å². The number of hydrogen-bond donors (Lipinski definition) is 0. The van der Waals surface area contributed by atoms with E-state index in [0.29, 0.717) is 11.1 Å². The summed E-state index contributed by atoms with van der Waals surface area (Å²) >= 11 is 11.5. The maximum atomic E-state index is 14.0. The van der Waals surface area contributed by atoms with E-state index in [-0.39, 0.29) is 21.2 Å². The number of ketones is 1. The van der Waals surface area contributed by atoms with Crippen LogP contribution in [0.1, 0.15) is 27.0 Å². The molecular formula is C15H10Cl2F2O. The maximum Gasteiger partial charge on any atom is 0.199 e. The molecule has 0 aliphatic carbocycles. The molecule has 0 amide bonds. The fourth-order valence-corrected chi connectivity index (χ4v) is 2.12. The Morgan fingerprint density at radius 2 is 1.20 bits per heavy atom. The van der Waals surface area contributed by atoms with Gasteiger partial charge in [-0.2, -0.15) is 0 Å². The third kappa shape index (κ3) is 2.43. The topological polar surface area (TPSA) is 17.1 Å². The number of rotatable bonds is 2. The molecule has 0 atom stereocenters. The molecule has 5 heteroatoms. The minimum atomic E-state index is -0.854. The molecule has 0 aliphatic heterocycles. The number of aryl methyl sites for hydroxylation is 2. The van der Waals surface area contributed by atoms with Crippen molar-refractivity contribution in [1.29, 1.82) is 0 Å². The van der Waals surface area contributed by atoms with Gasteiger partial charge in [0.1, 0.15) is 0 Å². The molecule has 2 aromatic carbocycles. The molecule has 1 nitrogen and oxygen atoms in total. The standard InChI is InChI=1S/C15H10Cl2F2O/c1-7-3-5-9(13(18)11(7)16)15(20)10-6-4-8(2)12(17)14(10)19/h3-6H,1-2H3. The molecule has 2 aromatic rings. The Bertz CT molecular complexity index is 652. The van der Waals surface area contributed by atoms with E-state index < -0.39 is 17.4 Å². The highest BCUT2D eigenvalue weighted by molar-refractivity contribution is 6.33. The van der Waals surface area contributed by atoms with Gasteiger partial charge >= 0.3 is 0 Å². The van der Waals surface area contributed by atoms with Gasteiger partial charge in [-0.3, -0.25) is 4.79 Å². The van der Waals surface area contributed by atoms with Gasteiger partial charge in [0.2, 0.25) is 0 Å². The summed E-state index contributed by atoms with van der Waals surface area (Å²) in [4.78, 5) is 12.2. The van der Waals surface area contributed by atoms with Crippen molar-refractivity contribution in [2.75, 3.05) is 0 Å². The highest BCUT2D eigenvalue weighted by Crippen LogP contribution is 2.28. The van der Waals surface area contributed by atoms with E-state index in [9.17, 15) is 13.6 Å². The van der Waals surface area contributed by atoms with E-state index in [1.165, 1.54) is 24.3 Å². The lowest BCUT2D eigenvalue weighted by Crippen LogP contribution is -2.08. The predicted octanol–water partition coefficient (Wildman–Crippen LogP) is 5.12. The molecule has 0 radical (unpaired) electrons. The molecule has 0 heterocycles. The molecule has 0 saturated carbocycles. The van der Waals surface area contributed by atoms with Crippen LogP contribution >= 0.6 is 23.2 Å². The lowest BCUT2D eigenvalue weighted by Gasteiger charge is -2.09. The summed E-state index contributed by atoms with van der Waals surface area (Å²) in [7, 11) is 0. The second-order valence-electron chi connectivity index (χ2n) is 4.45. The van der Waals surface area contributed by atoms with Crippen molar-refractivity contribution in [3.8, 4) is 0 Å². The number of carbonyl (C=O) groups is 1. The van der Waals surface area contributed by atoms with Crippen LogP contribution in [0.15, 0.2) is 24.3 Å². The zero-order chi connectivity index (χ0) is 15.0. The van der Waals surface area contributed by atoms with Gasteiger partial charge in [0.15, 0.2) is 17.4 Å². The van der Waals surface area contributed by atoms with Gasteiger partial charge in [-0.25, -0.2) is 8.78 Å². The zero-order valence-electron chi connectivity index (χ0n) is 10.7. The van der Waals surface area contributed by atoms with Crippen LogP contribution in [0.2, 0.25) is 10.0 Å². The second-order valence-corrected chi connectivity index (χ2v) is 5.20. The Labute approximate surface area is 125 Å². The van der Waals surface area contributed by atoms with Crippen LogP contribution in [-0.2, 0) is 0 Å². The first kappa shape index (κ1) is 14.9. The molecule has 104 valence electrons. The third-order valence-electron chi connectivity index (χ3n) is 3.04. The summed E-state index contributed by atoms with van der Waals surface area (Å²) in [6, 6.07) is 5.58. The summed E-state index contributed by atoms with van der Waals surface area (Å²) in [5.74, 6) is -2.50. The quantitative estimate of drug-likeness (QED) is 0.703. The van der Waals surface area contributed by atoms with Gasteiger partial charge in [0.25, 0.3) is 0 Å². The summed E-state index contributed by atoms with van der Waals surface area (Å²) in [6.07, 6.45) is 0. The largest absolute Gasteiger partial charge is 0.288 e. The van der Waals surface area contributed by atoms with Crippen LogP contribution in [0.25, 0.3) is 0 Å². The van der Waals surface area contributed by atoms with Crippen molar-refractivity contribution in [3.05, 3.63) is 68.2 Å². The van der Waals surface area contributed by atoms with Crippen molar-refractivity contribution in [3.63, 3.8) is 0 Å². The van der Waals surface area contributed by atoms with Crippen LogP contribution in [0, 0.1) is 25.5 Å². The van der Waals surface area contributed by atoms with Crippen molar-refractivity contribution >= 4 is 29.0 Å². The second kappa shape index (κ2) is 5.51. The van der Waals surface area contributed by atoms with Gasteiger partial charge in [0, 0.05) is 0 Å². The number of halogens is 4. The Balaban J connectivity index is 2.58. The van der Waals surface area contributed by atoms with Crippen molar-refractivity contribution in [2.45, 2.75) is 13.8 Å². The van der Waals surface area contributed by atoms with E-state index in [1.807, 2.05) is 0 Å². The Kier molecular flexibility index (Phi) is 4.11. The summed E-state index contributed by atoms with van der Waals surface area (Å²) < 4.78 is 28.0. The van der Waals surface area contributed by atoms with Crippen LogP contribution in [-0.4, -0.2) is 5.78 Å². The molecule has 2 rings (SSSR count). The van der Waals surface area contributed by atoms with Crippen LogP contribution < -0.4 is 0 Å². The first-order valence-electron chi connectivity index (χ1n) is 5.78. The average molecular weight is 315 g/mol. The SMILES string of the molecule is Cc1ccc(C(=O)c2ccc(C)c(Cl)c2F)c(F)c1Cl. The highest BCUT2D eigenvalue weighted by Gasteiger charge is 2.22. The first-order valence-corrected chi connectivity index (χ1v) is 6.54. The summed E-state index contributed by atoms with van der Waals surface area (Å²) in [5.41, 5.74) is 0.449. The minimum absolute atomic E-state index is 0.144. The van der Waals surface area contributed by atoms with Gasteiger partial charge in [-0.15, -0.1) is 0 Å². The van der Waals surface area contributed by atoms with E-state index in [0.717, 1.165) is 0 Å². The average Bonchev–Trinajstić information content (AvgIpc) is 2.42. The van der Waals surface area contributed by atoms with Gasteiger partial charge in [-0.1, -0.05) is 35.3 Å². The molecule has 0 bridgehead atoms. The normalized spacial score (nSPS) is 10.7. The Hall–Kier alpha value is -1.45. The lowest BCUT2D eigenvalue weighted by atomic mass is 10.00.